The molecule has 1 N–H and O–H groups in total. The number of ether oxygens (including phenoxy) is 1. The van der Waals surface area contributed by atoms with E-state index in [-0.39, 0.29) is 17.0 Å². The van der Waals surface area contributed by atoms with Crippen LogP contribution in [0, 0.1) is 6.92 Å². The van der Waals surface area contributed by atoms with E-state index in [0.717, 1.165) is 6.26 Å². The van der Waals surface area contributed by atoms with Crippen molar-refractivity contribution in [1.82, 2.24) is 4.90 Å². The summed E-state index contributed by atoms with van der Waals surface area (Å²) in [4.78, 5) is 26.3. The maximum absolute atomic E-state index is 12.7. The molecule has 2 rings (SSSR count). The molecule has 0 bridgehead atoms. The summed E-state index contributed by atoms with van der Waals surface area (Å²) < 4.78 is 28.7. The van der Waals surface area contributed by atoms with Gasteiger partial charge in [0.05, 0.1) is 24.2 Å². The van der Waals surface area contributed by atoms with Crippen LogP contribution in [-0.2, 0) is 14.6 Å². The van der Waals surface area contributed by atoms with Gasteiger partial charge in [0.25, 0.3) is 5.91 Å². The van der Waals surface area contributed by atoms with E-state index in [2.05, 4.69) is 5.32 Å². The molecule has 9 heteroatoms. The van der Waals surface area contributed by atoms with Gasteiger partial charge >= 0.3 is 0 Å². The molecule has 2 aromatic carbocycles. The fourth-order valence-electron chi connectivity index (χ4n) is 2.52. The molecule has 0 spiro atoms. The molecule has 0 aliphatic carbocycles. The second-order valence-electron chi connectivity index (χ2n) is 6.30. The lowest BCUT2D eigenvalue weighted by Gasteiger charge is -2.19. The molecule has 0 aliphatic heterocycles. The van der Waals surface area contributed by atoms with Crippen LogP contribution in [0.2, 0.25) is 5.02 Å². The number of carbonyl (C=O) groups is 2. The molecule has 0 fully saturated rings. The van der Waals surface area contributed by atoms with E-state index >= 15 is 0 Å². The van der Waals surface area contributed by atoms with Crippen molar-refractivity contribution in [2.24, 2.45) is 0 Å². The van der Waals surface area contributed by atoms with Crippen LogP contribution in [0.15, 0.2) is 41.3 Å². The normalized spacial score (nSPS) is 11.0. The second-order valence-corrected chi connectivity index (χ2v) is 8.76. The quantitative estimate of drug-likeness (QED) is 0.769. The summed E-state index contributed by atoms with van der Waals surface area (Å²) in [6, 6.07) is 9.12. The minimum Gasteiger partial charge on any atom is -0.495 e. The smallest absolute Gasteiger partial charge is 0.254 e. The monoisotopic (exact) mass is 424 g/mol. The topological polar surface area (TPSA) is 92.8 Å². The second kappa shape index (κ2) is 8.62. The zero-order valence-corrected chi connectivity index (χ0v) is 17.5. The Labute approximate surface area is 169 Å². The Hall–Kier alpha value is -2.58. The number of hydrogen-bond acceptors (Lipinski definition) is 5. The Kier molecular flexibility index (Phi) is 6.69. The summed E-state index contributed by atoms with van der Waals surface area (Å²) in [6.45, 7) is 1.46. The van der Waals surface area contributed by atoms with Crippen LogP contribution < -0.4 is 10.1 Å². The molecular weight excluding hydrogens is 404 g/mol. The molecule has 2 amide bonds. The first kappa shape index (κ1) is 21.7. The molecule has 0 heterocycles. The van der Waals surface area contributed by atoms with Crippen LogP contribution in [0.4, 0.5) is 5.69 Å². The number of amides is 2. The molecule has 0 saturated carbocycles. The van der Waals surface area contributed by atoms with Crippen LogP contribution in [0.1, 0.15) is 15.9 Å². The van der Waals surface area contributed by atoms with Crippen molar-refractivity contribution in [2.75, 3.05) is 32.3 Å². The third-order valence-electron chi connectivity index (χ3n) is 4.03. The van der Waals surface area contributed by atoms with E-state index in [9.17, 15) is 18.0 Å². The van der Waals surface area contributed by atoms with Gasteiger partial charge in [-0.05, 0) is 42.8 Å². The fourth-order valence-corrected chi connectivity index (χ4v) is 3.34. The predicted molar refractivity (Wildman–Crippen MR) is 108 cm³/mol. The maximum Gasteiger partial charge on any atom is 0.254 e. The van der Waals surface area contributed by atoms with E-state index in [4.69, 9.17) is 16.3 Å². The number of nitrogens with zero attached hydrogens (tertiary/aromatic N) is 1. The van der Waals surface area contributed by atoms with Gasteiger partial charge in [-0.3, -0.25) is 9.59 Å². The van der Waals surface area contributed by atoms with Crippen molar-refractivity contribution in [3.8, 4) is 5.75 Å². The van der Waals surface area contributed by atoms with Crippen molar-refractivity contribution in [2.45, 2.75) is 11.8 Å². The van der Waals surface area contributed by atoms with Crippen LogP contribution in [0.25, 0.3) is 0 Å². The minimum absolute atomic E-state index is 0.0444. The zero-order chi connectivity index (χ0) is 21.1. The van der Waals surface area contributed by atoms with Crippen molar-refractivity contribution < 1.29 is 22.7 Å². The van der Waals surface area contributed by atoms with E-state index < -0.39 is 21.7 Å². The number of halogens is 1. The fraction of sp³-hybridized carbons (Fsp3) is 0.263. The number of aryl methyl sites for hydroxylation is 1. The van der Waals surface area contributed by atoms with Gasteiger partial charge in [0.15, 0.2) is 9.84 Å². The van der Waals surface area contributed by atoms with Crippen molar-refractivity contribution >= 4 is 38.9 Å². The zero-order valence-electron chi connectivity index (χ0n) is 15.9. The Morgan fingerprint density at radius 2 is 1.86 bits per heavy atom. The molecule has 150 valence electrons. The van der Waals surface area contributed by atoms with Crippen molar-refractivity contribution in [3.05, 3.63) is 52.5 Å². The summed E-state index contributed by atoms with van der Waals surface area (Å²) in [5.74, 6) is -0.479. The number of likely N-dealkylation sites (N-methyl/N-ethyl adjacent to an activating group) is 1. The number of anilines is 1. The van der Waals surface area contributed by atoms with Gasteiger partial charge in [-0.2, -0.15) is 0 Å². The third-order valence-corrected chi connectivity index (χ3v) is 5.38. The highest BCUT2D eigenvalue weighted by Crippen LogP contribution is 2.27. The molecule has 2 aromatic rings. The SMILES string of the molecule is COc1ccc(Cl)cc1NC(=O)CN(C)C(=O)c1cc(S(C)(=O)=O)ccc1C. The van der Waals surface area contributed by atoms with Crippen LogP contribution in [0.5, 0.6) is 5.75 Å². The molecule has 28 heavy (non-hydrogen) atoms. The molecule has 0 saturated heterocycles. The lowest BCUT2D eigenvalue weighted by Crippen LogP contribution is -2.35. The third kappa shape index (κ3) is 5.24. The Morgan fingerprint density at radius 3 is 2.46 bits per heavy atom. The van der Waals surface area contributed by atoms with Gasteiger partial charge in [-0.1, -0.05) is 17.7 Å². The van der Waals surface area contributed by atoms with Crippen molar-refractivity contribution in [1.29, 1.82) is 0 Å². The van der Waals surface area contributed by atoms with Gasteiger partial charge in [0, 0.05) is 23.9 Å². The minimum atomic E-state index is -3.45. The highest BCUT2D eigenvalue weighted by molar-refractivity contribution is 7.90. The Morgan fingerprint density at radius 1 is 1.18 bits per heavy atom. The highest BCUT2D eigenvalue weighted by Gasteiger charge is 2.20. The van der Waals surface area contributed by atoms with E-state index in [1.54, 1.807) is 31.2 Å². The van der Waals surface area contributed by atoms with Gasteiger partial charge in [0.1, 0.15) is 5.75 Å². The van der Waals surface area contributed by atoms with Crippen LogP contribution in [0.3, 0.4) is 0 Å². The molecule has 0 unspecified atom stereocenters. The standard InChI is InChI=1S/C19H21ClN2O5S/c1-12-5-7-14(28(4,25)26)10-15(12)19(24)22(2)11-18(23)21-16-9-13(20)6-8-17(16)27-3/h5-10H,11H2,1-4H3,(H,21,23). The lowest BCUT2D eigenvalue weighted by atomic mass is 10.1. The number of benzene rings is 2. The molecular formula is C19H21ClN2O5S. The van der Waals surface area contributed by atoms with Crippen LogP contribution >= 0.6 is 11.6 Å². The Balaban J connectivity index is 2.17. The largest absolute Gasteiger partial charge is 0.495 e. The number of sulfone groups is 1. The predicted octanol–water partition coefficient (Wildman–Crippen LogP) is 2.77. The van der Waals surface area contributed by atoms with Gasteiger partial charge in [-0.15, -0.1) is 0 Å². The molecule has 0 aromatic heterocycles. The van der Waals surface area contributed by atoms with Gasteiger partial charge in [-0.25, -0.2) is 8.42 Å². The summed E-state index contributed by atoms with van der Waals surface area (Å²) in [6.07, 6.45) is 1.07. The number of nitrogens with one attached hydrogen (secondary N) is 1. The number of hydrogen-bond donors (Lipinski definition) is 1. The first-order chi connectivity index (χ1) is 13.0. The first-order valence-corrected chi connectivity index (χ1v) is 10.5. The first-order valence-electron chi connectivity index (χ1n) is 8.22. The molecule has 0 aliphatic rings. The van der Waals surface area contributed by atoms with E-state index in [0.29, 0.717) is 22.0 Å². The summed E-state index contributed by atoms with van der Waals surface area (Å²) in [5.41, 5.74) is 1.22. The summed E-state index contributed by atoms with van der Waals surface area (Å²) in [5, 5.41) is 3.08. The maximum atomic E-state index is 12.7. The van der Waals surface area contributed by atoms with Crippen molar-refractivity contribution in [3.63, 3.8) is 0 Å². The van der Waals surface area contributed by atoms with E-state index in [1.807, 2.05) is 0 Å². The molecule has 0 radical (unpaired) electrons. The van der Waals surface area contributed by atoms with Gasteiger partial charge in [0.2, 0.25) is 5.91 Å². The average molecular weight is 425 g/mol. The lowest BCUT2D eigenvalue weighted by molar-refractivity contribution is -0.116. The molecule has 0 atom stereocenters. The highest BCUT2D eigenvalue weighted by atomic mass is 35.5. The molecule has 7 nitrogen and oxygen atoms in total. The number of carbonyl (C=O) groups excluding carboxylic acids is 2. The average Bonchev–Trinajstić information content (AvgIpc) is 2.60. The van der Waals surface area contributed by atoms with E-state index in [1.165, 1.54) is 31.2 Å². The number of methoxy groups -OCH3 is 1. The Bertz CT molecular complexity index is 1020. The number of rotatable bonds is 6. The summed E-state index contributed by atoms with van der Waals surface area (Å²) >= 11 is 5.94. The van der Waals surface area contributed by atoms with Gasteiger partial charge < -0.3 is 15.0 Å². The van der Waals surface area contributed by atoms with Crippen LogP contribution in [-0.4, -0.2) is 52.1 Å². The summed E-state index contributed by atoms with van der Waals surface area (Å²) in [7, 11) is -0.527.